The molecule has 28 heavy (non-hydrogen) atoms. The molecular formula is C19H22N2O6S. The Morgan fingerprint density at radius 2 is 1.93 bits per heavy atom. The van der Waals surface area contributed by atoms with Crippen LogP contribution in [0.1, 0.15) is 29.3 Å². The van der Waals surface area contributed by atoms with Crippen molar-refractivity contribution in [2.75, 3.05) is 19.5 Å². The van der Waals surface area contributed by atoms with Gasteiger partial charge < -0.3 is 25.3 Å². The molecule has 150 valence electrons. The number of ether oxygens (including phenoxy) is 3. The molecule has 3 N–H and O–H groups in total. The van der Waals surface area contributed by atoms with Crippen LogP contribution in [0.15, 0.2) is 29.6 Å². The third kappa shape index (κ3) is 5.23. The number of hydrogen-bond donors (Lipinski definition) is 2. The van der Waals surface area contributed by atoms with Gasteiger partial charge in [-0.25, -0.2) is 0 Å². The Labute approximate surface area is 166 Å². The van der Waals surface area contributed by atoms with E-state index >= 15 is 0 Å². The predicted octanol–water partition coefficient (Wildman–Crippen LogP) is 2.37. The van der Waals surface area contributed by atoms with Crippen LogP contribution in [0, 0.1) is 0 Å². The topological polar surface area (TPSA) is 117 Å². The number of esters is 1. The maximum absolute atomic E-state index is 12.2. The van der Waals surface area contributed by atoms with Gasteiger partial charge in [-0.2, -0.15) is 0 Å². The Morgan fingerprint density at radius 3 is 2.57 bits per heavy atom. The maximum atomic E-state index is 12.2. The molecule has 0 unspecified atom stereocenters. The molecule has 0 aliphatic carbocycles. The number of amides is 2. The van der Waals surface area contributed by atoms with Crippen LogP contribution in [-0.2, 0) is 20.7 Å². The fourth-order valence-electron chi connectivity index (χ4n) is 2.51. The molecule has 1 aromatic carbocycles. The van der Waals surface area contributed by atoms with Gasteiger partial charge in [0.15, 0.2) is 17.6 Å². The second-order valence-electron chi connectivity index (χ2n) is 5.80. The molecule has 0 aliphatic rings. The largest absolute Gasteiger partial charge is 0.493 e. The summed E-state index contributed by atoms with van der Waals surface area (Å²) in [6.07, 6.45) is -0.598. The van der Waals surface area contributed by atoms with Crippen LogP contribution in [0.25, 0.3) is 0 Å². The lowest BCUT2D eigenvalue weighted by atomic mass is 10.1. The van der Waals surface area contributed by atoms with E-state index in [-0.39, 0.29) is 12.0 Å². The minimum atomic E-state index is -1.03. The molecule has 8 nitrogen and oxygen atoms in total. The van der Waals surface area contributed by atoms with Crippen molar-refractivity contribution in [1.82, 2.24) is 0 Å². The number of nitrogens with one attached hydrogen (secondary N) is 1. The molecule has 1 atom stereocenters. The first-order chi connectivity index (χ1) is 13.4. The number of anilines is 1. The molecule has 9 heteroatoms. The van der Waals surface area contributed by atoms with Crippen LogP contribution in [0.5, 0.6) is 11.5 Å². The number of nitrogens with two attached hydrogens (primary N) is 1. The number of thiophene rings is 1. The molecule has 0 bridgehead atoms. The summed E-state index contributed by atoms with van der Waals surface area (Å²) in [6, 6.07) is 6.90. The van der Waals surface area contributed by atoms with Gasteiger partial charge in [-0.3, -0.25) is 14.4 Å². The molecule has 2 aromatic rings. The van der Waals surface area contributed by atoms with Gasteiger partial charge in [-0.1, -0.05) is 12.1 Å². The van der Waals surface area contributed by atoms with Crippen LogP contribution >= 0.6 is 11.3 Å². The minimum absolute atomic E-state index is 0.0622. The smallest absolute Gasteiger partial charge is 0.306 e. The summed E-state index contributed by atoms with van der Waals surface area (Å²) in [6.45, 7) is 1.46. The lowest BCUT2D eigenvalue weighted by Crippen LogP contribution is -2.30. The van der Waals surface area contributed by atoms with Gasteiger partial charge in [0, 0.05) is 6.42 Å². The Morgan fingerprint density at radius 1 is 1.18 bits per heavy atom. The van der Waals surface area contributed by atoms with Crippen LogP contribution in [0.3, 0.4) is 0 Å². The minimum Gasteiger partial charge on any atom is -0.493 e. The van der Waals surface area contributed by atoms with E-state index in [9.17, 15) is 14.4 Å². The number of aryl methyl sites for hydroxylation is 1. The van der Waals surface area contributed by atoms with Crippen molar-refractivity contribution in [1.29, 1.82) is 0 Å². The predicted molar refractivity (Wildman–Crippen MR) is 105 cm³/mol. The molecule has 0 saturated carbocycles. The van der Waals surface area contributed by atoms with Crippen molar-refractivity contribution < 1.29 is 28.6 Å². The lowest BCUT2D eigenvalue weighted by Gasteiger charge is -2.14. The average Bonchev–Trinajstić information content (AvgIpc) is 3.14. The molecule has 2 amide bonds. The van der Waals surface area contributed by atoms with E-state index in [0.29, 0.717) is 22.9 Å². The van der Waals surface area contributed by atoms with Crippen LogP contribution in [0.2, 0.25) is 0 Å². The lowest BCUT2D eigenvalue weighted by molar-refractivity contribution is -0.153. The highest BCUT2D eigenvalue weighted by Crippen LogP contribution is 2.31. The second kappa shape index (κ2) is 9.75. The number of hydrogen-bond acceptors (Lipinski definition) is 7. The van der Waals surface area contributed by atoms with E-state index in [4.69, 9.17) is 19.9 Å². The average molecular weight is 406 g/mol. The summed E-state index contributed by atoms with van der Waals surface area (Å²) in [5, 5.41) is 4.50. The highest BCUT2D eigenvalue weighted by atomic mass is 32.1. The Balaban J connectivity index is 1.91. The van der Waals surface area contributed by atoms with Crippen molar-refractivity contribution in [2.45, 2.75) is 25.9 Å². The van der Waals surface area contributed by atoms with E-state index < -0.39 is 23.9 Å². The summed E-state index contributed by atoms with van der Waals surface area (Å²) in [4.78, 5) is 35.6. The summed E-state index contributed by atoms with van der Waals surface area (Å²) in [5.74, 6) is -0.595. The fraction of sp³-hybridized carbons (Fsp3) is 0.316. The Hall–Kier alpha value is -3.07. The second-order valence-corrected chi connectivity index (χ2v) is 6.72. The standard InChI is InChI=1S/C19H22N2O6S/c1-11(18(24)21-19-13(17(20)23)9-10-28-19)27-15(22)8-7-12-5-4-6-14(25-2)16(12)26-3/h4-6,9-11H,7-8H2,1-3H3,(H2,20,23)(H,21,24)/t11-/m0/s1. The zero-order valence-corrected chi connectivity index (χ0v) is 16.6. The van der Waals surface area contributed by atoms with Gasteiger partial charge in [-0.05, 0) is 36.4 Å². The molecule has 0 saturated heterocycles. The van der Waals surface area contributed by atoms with Crippen molar-refractivity contribution in [3.8, 4) is 11.5 Å². The zero-order chi connectivity index (χ0) is 20.7. The van der Waals surface area contributed by atoms with Crippen LogP contribution < -0.4 is 20.5 Å². The molecule has 0 spiro atoms. The van der Waals surface area contributed by atoms with E-state index in [2.05, 4.69) is 5.32 Å². The number of carbonyl (C=O) groups excluding carboxylic acids is 3. The zero-order valence-electron chi connectivity index (χ0n) is 15.8. The molecule has 0 aliphatic heterocycles. The SMILES string of the molecule is COc1cccc(CCC(=O)O[C@@H](C)C(=O)Nc2sccc2C(N)=O)c1OC. The van der Waals surface area contributed by atoms with Gasteiger partial charge in [0.1, 0.15) is 5.00 Å². The molecule has 0 radical (unpaired) electrons. The number of primary amides is 1. The number of para-hydroxylation sites is 1. The van der Waals surface area contributed by atoms with Crippen molar-refractivity contribution in [3.63, 3.8) is 0 Å². The quantitative estimate of drug-likeness (QED) is 0.618. The molecular weight excluding hydrogens is 384 g/mol. The van der Waals surface area contributed by atoms with E-state index in [1.165, 1.54) is 27.2 Å². The van der Waals surface area contributed by atoms with Crippen molar-refractivity contribution in [3.05, 3.63) is 40.8 Å². The highest BCUT2D eigenvalue weighted by molar-refractivity contribution is 7.14. The fourth-order valence-corrected chi connectivity index (χ4v) is 3.31. The molecule has 2 rings (SSSR count). The normalized spacial score (nSPS) is 11.4. The van der Waals surface area contributed by atoms with Gasteiger partial charge in [0.05, 0.1) is 19.8 Å². The first kappa shape index (κ1) is 21.2. The number of carbonyl (C=O) groups is 3. The van der Waals surface area contributed by atoms with E-state index in [1.807, 2.05) is 6.07 Å². The van der Waals surface area contributed by atoms with E-state index in [0.717, 1.165) is 16.9 Å². The molecule has 1 aromatic heterocycles. The van der Waals surface area contributed by atoms with E-state index in [1.54, 1.807) is 17.5 Å². The maximum Gasteiger partial charge on any atom is 0.306 e. The first-order valence-electron chi connectivity index (χ1n) is 8.44. The Bertz CT molecular complexity index is 864. The van der Waals surface area contributed by atoms with Gasteiger partial charge >= 0.3 is 5.97 Å². The molecule has 1 heterocycles. The van der Waals surface area contributed by atoms with Gasteiger partial charge in [0.2, 0.25) is 0 Å². The summed E-state index contributed by atoms with van der Waals surface area (Å²) in [7, 11) is 3.06. The van der Waals surface area contributed by atoms with Crippen LogP contribution in [-0.4, -0.2) is 38.1 Å². The third-order valence-electron chi connectivity index (χ3n) is 3.93. The number of rotatable bonds is 9. The monoisotopic (exact) mass is 406 g/mol. The number of methoxy groups -OCH3 is 2. The Kier molecular flexibility index (Phi) is 7.39. The van der Waals surface area contributed by atoms with Gasteiger partial charge in [0.25, 0.3) is 11.8 Å². The summed E-state index contributed by atoms with van der Waals surface area (Å²) >= 11 is 1.16. The van der Waals surface area contributed by atoms with Crippen LogP contribution in [0.4, 0.5) is 5.00 Å². The first-order valence-corrected chi connectivity index (χ1v) is 9.32. The summed E-state index contributed by atoms with van der Waals surface area (Å²) in [5.41, 5.74) is 6.25. The third-order valence-corrected chi connectivity index (χ3v) is 4.76. The number of benzene rings is 1. The summed E-state index contributed by atoms with van der Waals surface area (Å²) < 4.78 is 15.7. The molecule has 0 fully saturated rings. The highest BCUT2D eigenvalue weighted by Gasteiger charge is 2.21. The van der Waals surface area contributed by atoms with Gasteiger partial charge in [-0.15, -0.1) is 11.3 Å². The van der Waals surface area contributed by atoms with Crippen molar-refractivity contribution in [2.24, 2.45) is 5.73 Å². The van der Waals surface area contributed by atoms with Crippen molar-refractivity contribution >= 4 is 34.1 Å².